The van der Waals surface area contributed by atoms with Crippen molar-refractivity contribution >= 4 is 0 Å². The topological polar surface area (TPSA) is 61.7 Å². The molecule has 4 heteroatoms. The molecule has 1 rings (SSSR count). The van der Waals surface area contributed by atoms with Gasteiger partial charge in [-0.15, -0.1) is 0 Å². The molecule has 0 radical (unpaired) electrons. The minimum Gasteiger partial charge on any atom is -0.389 e. The van der Waals surface area contributed by atoms with E-state index in [-0.39, 0.29) is 6.04 Å². The highest BCUT2D eigenvalue weighted by Gasteiger charge is 2.32. The number of rotatable bonds is 16. The van der Waals surface area contributed by atoms with Crippen molar-refractivity contribution in [2.75, 3.05) is 19.8 Å². The minimum absolute atomic E-state index is 0.116. The van der Waals surface area contributed by atoms with E-state index in [4.69, 9.17) is 4.74 Å². The number of β-amino-alcohol motifs (C(OH)–C–C–N with tert-alkyl or cyclic N) is 1. The van der Waals surface area contributed by atoms with E-state index < -0.39 is 12.2 Å². The lowest BCUT2D eigenvalue weighted by molar-refractivity contribution is 0.0148. The fraction of sp³-hybridized carbons (Fsp3) is 0.905. The molecular weight excluding hydrogens is 314 g/mol. The summed E-state index contributed by atoms with van der Waals surface area (Å²) < 4.78 is 5.60. The number of aliphatic hydroxyl groups is 2. The maximum absolute atomic E-state index is 9.69. The standard InChI is InChI=1S/C21H41NO3/c1-2-3-4-5-6-7-8-9-10-11-12-13-14-15-16-25-18-19-21(24)20(23)17-22-19/h7-8,19-24H,2-6,9-18H2,1H3/b8-7+/t19-,20+,21-/m1/s1. The number of ether oxygens (including phenoxy) is 1. The molecule has 0 spiro atoms. The number of aliphatic hydroxyl groups excluding tert-OH is 2. The molecule has 4 nitrogen and oxygen atoms in total. The second kappa shape index (κ2) is 15.8. The summed E-state index contributed by atoms with van der Waals surface area (Å²) >= 11 is 0. The van der Waals surface area contributed by atoms with Gasteiger partial charge in [-0.05, 0) is 32.1 Å². The van der Waals surface area contributed by atoms with Gasteiger partial charge in [0.2, 0.25) is 0 Å². The van der Waals surface area contributed by atoms with E-state index >= 15 is 0 Å². The van der Waals surface area contributed by atoms with Crippen LogP contribution >= 0.6 is 0 Å². The predicted octanol–water partition coefficient (Wildman–Crippen LogP) is 3.95. The van der Waals surface area contributed by atoms with Gasteiger partial charge in [0.1, 0.15) is 0 Å². The quantitative estimate of drug-likeness (QED) is 0.290. The Labute approximate surface area is 155 Å². The van der Waals surface area contributed by atoms with E-state index in [1.807, 2.05) is 0 Å². The third-order valence-corrected chi connectivity index (χ3v) is 4.99. The first kappa shape index (κ1) is 22.6. The van der Waals surface area contributed by atoms with Crippen molar-refractivity contribution in [2.24, 2.45) is 0 Å². The van der Waals surface area contributed by atoms with Crippen molar-refractivity contribution in [3.05, 3.63) is 12.2 Å². The Kier molecular flexibility index (Phi) is 14.3. The molecule has 25 heavy (non-hydrogen) atoms. The number of hydrogen-bond acceptors (Lipinski definition) is 4. The first-order chi connectivity index (χ1) is 12.3. The van der Waals surface area contributed by atoms with Gasteiger partial charge in [0, 0.05) is 13.2 Å². The molecule has 0 bridgehead atoms. The Bertz CT molecular complexity index is 322. The molecular formula is C21H41NO3. The molecule has 1 fully saturated rings. The zero-order valence-corrected chi connectivity index (χ0v) is 16.3. The van der Waals surface area contributed by atoms with Gasteiger partial charge in [-0.1, -0.05) is 64.0 Å². The van der Waals surface area contributed by atoms with Gasteiger partial charge in [-0.2, -0.15) is 0 Å². The Balaban J connectivity index is 1.75. The van der Waals surface area contributed by atoms with Crippen LogP contribution in [0, 0.1) is 0 Å². The van der Waals surface area contributed by atoms with Crippen LogP contribution in [0.3, 0.4) is 0 Å². The van der Waals surface area contributed by atoms with E-state index in [0.717, 1.165) is 13.0 Å². The van der Waals surface area contributed by atoms with Crippen LogP contribution in [-0.2, 0) is 4.74 Å². The maximum Gasteiger partial charge on any atom is 0.0986 e. The van der Waals surface area contributed by atoms with E-state index in [2.05, 4.69) is 24.4 Å². The third kappa shape index (κ3) is 11.7. The van der Waals surface area contributed by atoms with Crippen LogP contribution in [0.1, 0.15) is 84.0 Å². The van der Waals surface area contributed by atoms with Crippen molar-refractivity contribution < 1.29 is 14.9 Å². The van der Waals surface area contributed by atoms with Crippen molar-refractivity contribution in [1.82, 2.24) is 5.32 Å². The SMILES string of the molecule is CCCCCC/C=C/CCCCCCCCOC[C@H]1NC[C@H](O)[C@@H]1O. The molecule has 0 aromatic heterocycles. The molecule has 1 aliphatic heterocycles. The molecule has 3 N–H and O–H groups in total. The van der Waals surface area contributed by atoms with Gasteiger partial charge in [0.25, 0.3) is 0 Å². The fourth-order valence-corrected chi connectivity index (χ4v) is 3.25. The molecule has 0 saturated carbocycles. The van der Waals surface area contributed by atoms with Crippen LogP contribution in [-0.4, -0.2) is 48.2 Å². The molecule has 3 atom stereocenters. The number of unbranched alkanes of at least 4 members (excludes halogenated alkanes) is 10. The lowest BCUT2D eigenvalue weighted by Gasteiger charge is -2.15. The van der Waals surface area contributed by atoms with Gasteiger partial charge >= 0.3 is 0 Å². The minimum atomic E-state index is -0.689. The zero-order valence-electron chi connectivity index (χ0n) is 16.3. The molecule has 1 aliphatic rings. The smallest absolute Gasteiger partial charge is 0.0986 e. The lowest BCUT2D eigenvalue weighted by Crippen LogP contribution is -2.37. The molecule has 0 amide bonds. The second-order valence-electron chi connectivity index (χ2n) is 7.38. The molecule has 1 saturated heterocycles. The summed E-state index contributed by atoms with van der Waals surface area (Å²) in [7, 11) is 0. The largest absolute Gasteiger partial charge is 0.389 e. The van der Waals surface area contributed by atoms with Crippen LogP contribution < -0.4 is 5.32 Å². The van der Waals surface area contributed by atoms with Gasteiger partial charge in [-0.3, -0.25) is 0 Å². The molecule has 0 aromatic rings. The summed E-state index contributed by atoms with van der Waals surface area (Å²) in [5, 5.41) is 22.2. The van der Waals surface area contributed by atoms with Crippen LogP contribution in [0.25, 0.3) is 0 Å². The molecule has 148 valence electrons. The van der Waals surface area contributed by atoms with Crippen molar-refractivity contribution in [3.8, 4) is 0 Å². The average Bonchev–Trinajstić information content (AvgIpc) is 2.93. The Morgan fingerprint density at radius 3 is 2.08 bits per heavy atom. The van der Waals surface area contributed by atoms with E-state index in [9.17, 15) is 10.2 Å². The summed E-state index contributed by atoms with van der Waals surface area (Å²) in [5.41, 5.74) is 0. The molecule has 0 unspecified atom stereocenters. The number of nitrogens with one attached hydrogen (secondary N) is 1. The Hall–Kier alpha value is -0.420. The van der Waals surface area contributed by atoms with Crippen molar-refractivity contribution in [1.29, 1.82) is 0 Å². The summed E-state index contributed by atoms with van der Waals surface area (Å²) in [6.07, 6.45) is 18.9. The highest BCUT2D eigenvalue weighted by Crippen LogP contribution is 2.10. The Morgan fingerprint density at radius 2 is 1.48 bits per heavy atom. The summed E-state index contributed by atoms with van der Waals surface area (Å²) in [6, 6.07) is -0.116. The first-order valence-electron chi connectivity index (χ1n) is 10.6. The first-order valence-corrected chi connectivity index (χ1v) is 10.6. The second-order valence-corrected chi connectivity index (χ2v) is 7.38. The Morgan fingerprint density at radius 1 is 0.880 bits per heavy atom. The molecule has 0 aliphatic carbocycles. The van der Waals surface area contributed by atoms with Gasteiger partial charge in [-0.25, -0.2) is 0 Å². The summed E-state index contributed by atoms with van der Waals surface area (Å²) in [6.45, 7) is 3.96. The van der Waals surface area contributed by atoms with E-state index in [1.54, 1.807) is 0 Å². The third-order valence-electron chi connectivity index (χ3n) is 4.99. The van der Waals surface area contributed by atoms with Crippen LogP contribution in [0.4, 0.5) is 0 Å². The van der Waals surface area contributed by atoms with Gasteiger partial charge in [0.15, 0.2) is 0 Å². The average molecular weight is 356 g/mol. The maximum atomic E-state index is 9.69. The fourth-order valence-electron chi connectivity index (χ4n) is 3.25. The molecule has 0 aromatic carbocycles. The number of allylic oxidation sites excluding steroid dienone is 2. The van der Waals surface area contributed by atoms with E-state index in [0.29, 0.717) is 13.2 Å². The normalized spacial score (nSPS) is 23.7. The molecule has 1 heterocycles. The van der Waals surface area contributed by atoms with Crippen LogP contribution in [0.5, 0.6) is 0 Å². The highest BCUT2D eigenvalue weighted by molar-refractivity contribution is 4.90. The highest BCUT2D eigenvalue weighted by atomic mass is 16.5. The van der Waals surface area contributed by atoms with Crippen molar-refractivity contribution in [3.63, 3.8) is 0 Å². The van der Waals surface area contributed by atoms with Gasteiger partial charge < -0.3 is 20.3 Å². The van der Waals surface area contributed by atoms with Gasteiger partial charge in [0.05, 0.1) is 24.9 Å². The van der Waals surface area contributed by atoms with Crippen LogP contribution in [0.2, 0.25) is 0 Å². The van der Waals surface area contributed by atoms with Crippen molar-refractivity contribution in [2.45, 2.75) is 102 Å². The summed E-state index contributed by atoms with van der Waals surface area (Å²) in [5.74, 6) is 0. The lowest BCUT2D eigenvalue weighted by atomic mass is 10.1. The summed E-state index contributed by atoms with van der Waals surface area (Å²) in [4.78, 5) is 0. The predicted molar refractivity (Wildman–Crippen MR) is 105 cm³/mol. The zero-order chi connectivity index (χ0) is 18.2. The van der Waals surface area contributed by atoms with E-state index in [1.165, 1.54) is 70.6 Å². The number of hydrogen-bond donors (Lipinski definition) is 3. The van der Waals surface area contributed by atoms with Crippen LogP contribution in [0.15, 0.2) is 12.2 Å². The monoisotopic (exact) mass is 355 g/mol.